The lowest BCUT2D eigenvalue weighted by atomic mass is 9.89. The first-order valence-corrected chi connectivity index (χ1v) is 12.4. The average Bonchev–Trinajstić information content (AvgIpc) is 2.94. The van der Waals surface area contributed by atoms with Crippen molar-refractivity contribution in [3.05, 3.63) is 0 Å². The van der Waals surface area contributed by atoms with Gasteiger partial charge in [0.05, 0.1) is 25.4 Å². The number of fused-ring (bicyclic) bond motifs is 1. The number of rotatable bonds is 6. The van der Waals surface area contributed by atoms with Crippen LogP contribution in [0, 0.1) is 5.92 Å². The Hall–Kier alpha value is -0.923. The van der Waals surface area contributed by atoms with Crippen molar-refractivity contribution in [1.29, 1.82) is 0 Å². The van der Waals surface area contributed by atoms with E-state index in [0.29, 0.717) is 36.0 Å². The smallest absolute Gasteiger partial charge is 0.313 e. The van der Waals surface area contributed by atoms with Crippen LogP contribution in [0.5, 0.6) is 0 Å². The van der Waals surface area contributed by atoms with Crippen molar-refractivity contribution in [2.75, 3.05) is 13.7 Å². The van der Waals surface area contributed by atoms with E-state index in [-0.39, 0.29) is 18.4 Å². The van der Waals surface area contributed by atoms with Crippen molar-refractivity contribution in [3.63, 3.8) is 0 Å². The highest BCUT2D eigenvalue weighted by molar-refractivity contribution is 6.77. The maximum atomic E-state index is 12.6. The molecule has 4 atom stereocenters. The molecular weight excluding hydrogens is 362 g/mol. The third-order valence-electron chi connectivity index (χ3n) is 6.69. The molecule has 1 amide bonds. The average molecular weight is 400 g/mol. The molecule has 2 saturated heterocycles. The highest BCUT2D eigenvalue weighted by Gasteiger charge is 2.54. The van der Waals surface area contributed by atoms with E-state index < -0.39 is 32.4 Å². The van der Waals surface area contributed by atoms with Crippen molar-refractivity contribution in [1.82, 2.24) is 4.90 Å². The quantitative estimate of drug-likeness (QED) is 0.549. The van der Waals surface area contributed by atoms with Gasteiger partial charge in [-0.25, -0.2) is 0 Å². The number of nitrogens with zero attached hydrogens (tertiary/aromatic N) is 1. The monoisotopic (exact) mass is 399 g/mol. The maximum Gasteiger partial charge on any atom is 0.313 e. The molecule has 0 aromatic carbocycles. The zero-order chi connectivity index (χ0) is 20.5. The lowest BCUT2D eigenvalue weighted by Crippen LogP contribution is -2.56. The fourth-order valence-electron chi connectivity index (χ4n) is 5.56. The number of carbonyl (C=O) groups excluding carboxylic acids is 2. The van der Waals surface area contributed by atoms with E-state index in [9.17, 15) is 14.7 Å². The Bertz CT molecular complexity index is 529. The highest BCUT2D eigenvalue weighted by atomic mass is 28.4. The molecule has 2 aliphatic rings. The third-order valence-corrected chi connectivity index (χ3v) is 12.8. The molecular formula is C20H37NO5Si. The van der Waals surface area contributed by atoms with Gasteiger partial charge in [0.1, 0.15) is 5.92 Å². The fraction of sp³-hybridized carbons (Fsp3) is 0.900. The molecule has 0 unspecified atom stereocenters. The van der Waals surface area contributed by atoms with Gasteiger partial charge in [-0.2, -0.15) is 0 Å². The van der Waals surface area contributed by atoms with Crippen molar-refractivity contribution >= 4 is 20.2 Å². The summed E-state index contributed by atoms with van der Waals surface area (Å²) in [7, 11) is -0.836. The summed E-state index contributed by atoms with van der Waals surface area (Å²) in [5.74, 6) is -1.19. The van der Waals surface area contributed by atoms with Gasteiger partial charge in [-0.15, -0.1) is 0 Å². The van der Waals surface area contributed by atoms with Gasteiger partial charge < -0.3 is 19.2 Å². The molecule has 1 N–H and O–H groups in total. The Morgan fingerprint density at radius 3 is 2.15 bits per heavy atom. The van der Waals surface area contributed by atoms with Crippen LogP contribution < -0.4 is 0 Å². The van der Waals surface area contributed by atoms with Crippen LogP contribution in [0.25, 0.3) is 0 Å². The van der Waals surface area contributed by atoms with Gasteiger partial charge in [-0.3, -0.25) is 9.59 Å². The highest BCUT2D eigenvalue weighted by Crippen LogP contribution is 2.46. The number of esters is 1. The molecule has 2 heterocycles. The van der Waals surface area contributed by atoms with Gasteiger partial charge in [0.15, 0.2) is 0 Å². The molecule has 156 valence electrons. The largest absolute Gasteiger partial charge is 0.469 e. The molecule has 0 spiro atoms. The van der Waals surface area contributed by atoms with E-state index in [1.807, 2.05) is 0 Å². The van der Waals surface area contributed by atoms with E-state index in [4.69, 9.17) is 9.16 Å². The van der Waals surface area contributed by atoms with Crippen molar-refractivity contribution < 1.29 is 23.9 Å². The summed E-state index contributed by atoms with van der Waals surface area (Å²) in [6, 6.07) is -0.439. The van der Waals surface area contributed by atoms with Crippen LogP contribution in [0.3, 0.4) is 0 Å². The SMILES string of the molecule is COC(=O)[C@@H]1[C@@H]2[C@@H](O[Si](C(C)C)(C(C)C)C(C)C)CCN2C(=O)CC[C@@H]1O. The van der Waals surface area contributed by atoms with Crippen LogP contribution in [0.1, 0.15) is 60.8 Å². The Morgan fingerprint density at radius 1 is 1.11 bits per heavy atom. The number of carbonyl (C=O) groups is 2. The predicted molar refractivity (Wildman–Crippen MR) is 107 cm³/mol. The minimum atomic E-state index is -2.18. The summed E-state index contributed by atoms with van der Waals surface area (Å²) in [5.41, 5.74) is 1.23. The second kappa shape index (κ2) is 8.62. The summed E-state index contributed by atoms with van der Waals surface area (Å²) in [6.45, 7) is 13.9. The third kappa shape index (κ3) is 3.96. The second-order valence-electron chi connectivity index (χ2n) is 9.00. The zero-order valence-corrected chi connectivity index (χ0v) is 18.9. The molecule has 0 aromatic heterocycles. The minimum Gasteiger partial charge on any atom is -0.469 e. The number of methoxy groups -OCH3 is 1. The first kappa shape index (κ1) is 22.4. The molecule has 6 nitrogen and oxygen atoms in total. The summed E-state index contributed by atoms with van der Waals surface area (Å²) in [4.78, 5) is 26.9. The molecule has 27 heavy (non-hydrogen) atoms. The first-order chi connectivity index (χ1) is 12.6. The summed E-state index contributed by atoms with van der Waals surface area (Å²) in [6.07, 6.45) is 0.147. The number of hydrogen-bond donors (Lipinski definition) is 1. The Balaban J connectivity index is 2.44. The van der Waals surface area contributed by atoms with E-state index in [2.05, 4.69) is 41.5 Å². The van der Waals surface area contributed by atoms with Crippen molar-refractivity contribution in [2.24, 2.45) is 5.92 Å². The van der Waals surface area contributed by atoms with Crippen LogP contribution in [0.4, 0.5) is 0 Å². The molecule has 0 saturated carbocycles. The minimum absolute atomic E-state index is 0.00228. The molecule has 0 aromatic rings. The Kier molecular flexibility index (Phi) is 7.14. The van der Waals surface area contributed by atoms with E-state index in [1.165, 1.54) is 7.11 Å². The van der Waals surface area contributed by atoms with Crippen LogP contribution in [-0.2, 0) is 18.8 Å². The Morgan fingerprint density at radius 2 is 1.67 bits per heavy atom. The van der Waals surface area contributed by atoms with Gasteiger partial charge >= 0.3 is 5.97 Å². The van der Waals surface area contributed by atoms with Gasteiger partial charge in [-0.1, -0.05) is 41.5 Å². The first-order valence-electron chi connectivity index (χ1n) is 10.3. The normalized spacial score (nSPS) is 29.4. The van der Waals surface area contributed by atoms with Gasteiger partial charge in [0.2, 0.25) is 14.2 Å². The number of amides is 1. The van der Waals surface area contributed by atoms with E-state index >= 15 is 0 Å². The fourth-order valence-corrected chi connectivity index (χ4v) is 11.2. The molecule has 7 heteroatoms. The maximum absolute atomic E-state index is 12.6. The zero-order valence-electron chi connectivity index (χ0n) is 17.9. The van der Waals surface area contributed by atoms with Gasteiger partial charge in [0, 0.05) is 13.0 Å². The van der Waals surface area contributed by atoms with E-state index in [1.54, 1.807) is 4.90 Å². The topological polar surface area (TPSA) is 76.1 Å². The predicted octanol–water partition coefficient (Wildman–Crippen LogP) is 3.09. The molecule has 0 radical (unpaired) electrons. The Labute approximate surface area is 164 Å². The van der Waals surface area contributed by atoms with Crippen LogP contribution >= 0.6 is 0 Å². The second-order valence-corrected chi connectivity index (χ2v) is 14.4. The van der Waals surface area contributed by atoms with E-state index in [0.717, 1.165) is 0 Å². The number of ether oxygens (including phenoxy) is 1. The van der Waals surface area contributed by atoms with Gasteiger partial charge in [0.25, 0.3) is 0 Å². The van der Waals surface area contributed by atoms with Crippen molar-refractivity contribution in [2.45, 2.75) is 95.7 Å². The summed E-state index contributed by atoms with van der Waals surface area (Å²) < 4.78 is 12.0. The molecule has 2 fully saturated rings. The van der Waals surface area contributed by atoms with Crippen LogP contribution in [-0.4, -0.2) is 62.1 Å². The lowest BCUT2D eigenvalue weighted by Gasteiger charge is -2.46. The number of aliphatic hydroxyl groups excluding tert-OH is 1. The molecule has 0 aliphatic carbocycles. The summed E-state index contributed by atoms with van der Waals surface area (Å²) in [5, 5.41) is 10.6. The van der Waals surface area contributed by atoms with Crippen LogP contribution in [0.15, 0.2) is 0 Å². The van der Waals surface area contributed by atoms with Crippen LogP contribution in [0.2, 0.25) is 16.6 Å². The van der Waals surface area contributed by atoms with Crippen molar-refractivity contribution in [3.8, 4) is 0 Å². The lowest BCUT2D eigenvalue weighted by molar-refractivity contribution is -0.154. The summed E-state index contributed by atoms with van der Waals surface area (Å²) >= 11 is 0. The standard InChI is InChI=1S/C20H37NO5Si/c1-12(2)27(13(3)4,14(5)6)26-16-10-11-21-17(23)9-8-15(22)18(19(16)21)20(24)25-7/h12-16,18-19,22H,8-11H2,1-7H3/t15-,16-,18-,19-/m0/s1. The number of hydrogen-bond acceptors (Lipinski definition) is 5. The van der Waals surface area contributed by atoms with Gasteiger partial charge in [-0.05, 0) is 29.5 Å². The molecule has 2 rings (SSSR count). The molecule has 2 aliphatic heterocycles. The molecule has 0 bridgehead atoms. The number of aliphatic hydroxyl groups is 1.